The Labute approximate surface area is 117 Å². The molecule has 2 rings (SSSR count). The highest BCUT2D eigenvalue weighted by atomic mass is 19.1. The van der Waals surface area contributed by atoms with Crippen LogP contribution in [0.4, 0.5) is 15.8 Å². The van der Waals surface area contributed by atoms with Gasteiger partial charge in [-0.15, -0.1) is 0 Å². The summed E-state index contributed by atoms with van der Waals surface area (Å²) in [7, 11) is 0. The summed E-state index contributed by atoms with van der Waals surface area (Å²) < 4.78 is 13.3. The minimum Gasteiger partial charge on any atom is -0.399 e. The lowest BCUT2D eigenvalue weighted by Gasteiger charge is -2.11. The number of halogens is 1. The highest BCUT2D eigenvalue weighted by Gasteiger charge is 2.10. The lowest BCUT2D eigenvalue weighted by molar-refractivity contribution is 0.102. The molecule has 0 bridgehead atoms. The van der Waals surface area contributed by atoms with E-state index in [1.54, 1.807) is 13.0 Å². The number of carbonyl (C=O) groups excluding carboxylic acids is 1. The molecule has 104 valence electrons. The van der Waals surface area contributed by atoms with Crippen LogP contribution in [-0.2, 0) is 0 Å². The largest absolute Gasteiger partial charge is 0.399 e. The van der Waals surface area contributed by atoms with Gasteiger partial charge in [-0.1, -0.05) is 0 Å². The van der Waals surface area contributed by atoms with E-state index in [0.29, 0.717) is 22.5 Å². The number of nitrogens with two attached hydrogens (primary N) is 1. The van der Waals surface area contributed by atoms with E-state index in [1.165, 1.54) is 12.1 Å². The molecule has 0 saturated heterocycles. The second-order valence-electron chi connectivity index (χ2n) is 5.00. The summed E-state index contributed by atoms with van der Waals surface area (Å²) in [5, 5.41) is 2.79. The third kappa shape index (κ3) is 2.96. The van der Waals surface area contributed by atoms with Gasteiger partial charge in [-0.3, -0.25) is 4.79 Å². The van der Waals surface area contributed by atoms with E-state index in [-0.39, 0.29) is 5.91 Å². The van der Waals surface area contributed by atoms with Crippen molar-refractivity contribution in [2.24, 2.45) is 0 Å². The van der Waals surface area contributed by atoms with Gasteiger partial charge >= 0.3 is 0 Å². The van der Waals surface area contributed by atoms with Crippen molar-refractivity contribution in [2.75, 3.05) is 11.1 Å². The first kappa shape index (κ1) is 14.1. The van der Waals surface area contributed by atoms with Gasteiger partial charge in [-0.2, -0.15) is 0 Å². The first-order chi connectivity index (χ1) is 9.36. The minimum atomic E-state index is -0.416. The third-order valence-corrected chi connectivity index (χ3v) is 3.17. The highest BCUT2D eigenvalue weighted by Crippen LogP contribution is 2.23. The van der Waals surface area contributed by atoms with Crippen LogP contribution in [0.2, 0.25) is 0 Å². The van der Waals surface area contributed by atoms with E-state index in [2.05, 4.69) is 5.32 Å². The molecule has 0 saturated carbocycles. The summed E-state index contributed by atoms with van der Waals surface area (Å²) >= 11 is 0. The van der Waals surface area contributed by atoms with Crippen LogP contribution in [0.25, 0.3) is 0 Å². The number of benzene rings is 2. The van der Waals surface area contributed by atoms with Crippen molar-refractivity contribution in [1.82, 2.24) is 0 Å². The molecule has 0 heterocycles. The number of amides is 1. The molecule has 0 unspecified atom stereocenters. The van der Waals surface area contributed by atoms with Crippen molar-refractivity contribution in [3.63, 3.8) is 0 Å². The van der Waals surface area contributed by atoms with Crippen LogP contribution in [0.3, 0.4) is 0 Å². The maximum Gasteiger partial charge on any atom is 0.255 e. The normalized spacial score (nSPS) is 10.4. The van der Waals surface area contributed by atoms with Crippen molar-refractivity contribution in [1.29, 1.82) is 0 Å². The molecule has 3 N–H and O–H groups in total. The average Bonchev–Trinajstić information content (AvgIpc) is 2.34. The molecule has 0 spiro atoms. The number of carbonyl (C=O) groups is 1. The van der Waals surface area contributed by atoms with Crippen LogP contribution < -0.4 is 11.1 Å². The van der Waals surface area contributed by atoms with Crippen molar-refractivity contribution < 1.29 is 9.18 Å². The van der Waals surface area contributed by atoms with Crippen molar-refractivity contribution >= 4 is 17.3 Å². The number of rotatable bonds is 2. The minimum absolute atomic E-state index is 0.302. The number of nitrogens with one attached hydrogen (secondary N) is 1. The molecular weight excluding hydrogens is 255 g/mol. The van der Waals surface area contributed by atoms with Crippen molar-refractivity contribution in [3.05, 3.63) is 58.4 Å². The Bertz CT molecular complexity index is 660. The van der Waals surface area contributed by atoms with Gasteiger partial charge in [0.2, 0.25) is 0 Å². The Morgan fingerprint density at radius 3 is 2.40 bits per heavy atom. The molecule has 2 aromatic carbocycles. The zero-order valence-corrected chi connectivity index (χ0v) is 11.8. The summed E-state index contributed by atoms with van der Waals surface area (Å²) in [5.74, 6) is -0.750. The smallest absolute Gasteiger partial charge is 0.255 e. The fourth-order valence-corrected chi connectivity index (χ4v) is 2.04. The molecular formula is C16H17FN2O. The predicted molar refractivity (Wildman–Crippen MR) is 79.4 cm³/mol. The Kier molecular flexibility index (Phi) is 3.74. The SMILES string of the molecule is Cc1cc(F)cc(C(=O)Nc2cc(C)c(N)cc2C)c1. The zero-order chi connectivity index (χ0) is 14.9. The number of anilines is 2. The Balaban J connectivity index is 2.30. The monoisotopic (exact) mass is 272 g/mol. The predicted octanol–water partition coefficient (Wildman–Crippen LogP) is 3.59. The first-order valence-electron chi connectivity index (χ1n) is 6.32. The lowest BCUT2D eigenvalue weighted by atomic mass is 10.1. The molecule has 0 aliphatic carbocycles. The highest BCUT2D eigenvalue weighted by molar-refractivity contribution is 6.04. The zero-order valence-electron chi connectivity index (χ0n) is 11.8. The first-order valence-corrected chi connectivity index (χ1v) is 6.32. The second kappa shape index (κ2) is 5.33. The number of aryl methyl sites for hydroxylation is 3. The standard InChI is InChI=1S/C16H17FN2O/c1-9-4-12(8-13(17)5-9)16(20)19-15-7-10(2)14(18)6-11(15)3/h4-8H,18H2,1-3H3,(H,19,20). The molecule has 0 fully saturated rings. The van der Waals surface area contributed by atoms with Gasteiger partial charge in [-0.05, 0) is 67.8 Å². The number of hydrogen-bond donors (Lipinski definition) is 2. The van der Waals surface area contributed by atoms with Crippen LogP contribution in [-0.4, -0.2) is 5.91 Å². The molecule has 0 aliphatic rings. The summed E-state index contributed by atoms with van der Waals surface area (Å²) in [6.45, 7) is 5.48. The second-order valence-corrected chi connectivity index (χ2v) is 5.00. The molecule has 3 nitrogen and oxygen atoms in total. The van der Waals surface area contributed by atoms with Crippen LogP contribution in [0.5, 0.6) is 0 Å². The number of nitrogen functional groups attached to an aromatic ring is 1. The van der Waals surface area contributed by atoms with Gasteiger partial charge in [0.1, 0.15) is 5.82 Å². The van der Waals surface area contributed by atoms with E-state index < -0.39 is 5.82 Å². The van der Waals surface area contributed by atoms with E-state index in [0.717, 1.165) is 11.1 Å². The Morgan fingerprint density at radius 1 is 1.05 bits per heavy atom. The number of hydrogen-bond acceptors (Lipinski definition) is 2. The topological polar surface area (TPSA) is 55.1 Å². The molecule has 4 heteroatoms. The van der Waals surface area contributed by atoms with Crippen LogP contribution in [0.15, 0.2) is 30.3 Å². The van der Waals surface area contributed by atoms with Crippen LogP contribution >= 0.6 is 0 Å². The van der Waals surface area contributed by atoms with Crippen LogP contribution in [0.1, 0.15) is 27.0 Å². The van der Waals surface area contributed by atoms with Gasteiger partial charge in [0.15, 0.2) is 0 Å². The molecule has 0 aromatic heterocycles. The molecule has 0 radical (unpaired) electrons. The fraction of sp³-hybridized carbons (Fsp3) is 0.188. The summed E-state index contributed by atoms with van der Waals surface area (Å²) in [4.78, 5) is 12.2. The maximum absolute atomic E-state index is 13.3. The summed E-state index contributed by atoms with van der Waals surface area (Å²) in [6, 6.07) is 7.88. The van der Waals surface area contributed by atoms with Gasteiger partial charge in [0, 0.05) is 16.9 Å². The molecule has 2 aromatic rings. The van der Waals surface area contributed by atoms with E-state index in [9.17, 15) is 9.18 Å². The van der Waals surface area contributed by atoms with E-state index in [4.69, 9.17) is 5.73 Å². The molecule has 0 atom stereocenters. The van der Waals surface area contributed by atoms with Crippen molar-refractivity contribution in [2.45, 2.75) is 20.8 Å². The van der Waals surface area contributed by atoms with E-state index >= 15 is 0 Å². The maximum atomic E-state index is 13.3. The van der Waals surface area contributed by atoms with Crippen LogP contribution in [0, 0.1) is 26.6 Å². The third-order valence-electron chi connectivity index (χ3n) is 3.17. The lowest BCUT2D eigenvalue weighted by Crippen LogP contribution is -2.13. The molecule has 1 amide bonds. The molecule has 0 aliphatic heterocycles. The van der Waals surface area contributed by atoms with Gasteiger partial charge in [0.25, 0.3) is 5.91 Å². The van der Waals surface area contributed by atoms with Gasteiger partial charge in [-0.25, -0.2) is 4.39 Å². The van der Waals surface area contributed by atoms with Gasteiger partial charge in [0.05, 0.1) is 0 Å². The summed E-state index contributed by atoms with van der Waals surface area (Å²) in [6.07, 6.45) is 0. The molecule has 20 heavy (non-hydrogen) atoms. The van der Waals surface area contributed by atoms with E-state index in [1.807, 2.05) is 26.0 Å². The summed E-state index contributed by atoms with van der Waals surface area (Å²) in [5.41, 5.74) is 9.95. The Hall–Kier alpha value is -2.36. The fourth-order valence-electron chi connectivity index (χ4n) is 2.04. The van der Waals surface area contributed by atoms with Crippen molar-refractivity contribution in [3.8, 4) is 0 Å². The average molecular weight is 272 g/mol. The Morgan fingerprint density at radius 2 is 1.75 bits per heavy atom. The van der Waals surface area contributed by atoms with Gasteiger partial charge < -0.3 is 11.1 Å². The quantitative estimate of drug-likeness (QED) is 0.821.